The van der Waals surface area contributed by atoms with Gasteiger partial charge in [-0.15, -0.1) is 0 Å². The van der Waals surface area contributed by atoms with Crippen molar-refractivity contribution in [3.8, 4) is 11.4 Å². The Morgan fingerprint density at radius 1 is 1.04 bits per heavy atom. The van der Waals surface area contributed by atoms with Crippen LogP contribution in [0.3, 0.4) is 0 Å². The molecule has 4 rings (SSSR count). The van der Waals surface area contributed by atoms with Crippen LogP contribution >= 0.6 is 0 Å². The molecule has 0 saturated carbocycles. The Hall–Kier alpha value is -3.30. The standard InChI is InChI=1S/C18H17BN6O2/c1-25-16-15(11-22-25)23-17(13-6-8-20-9-7-13)24-18(16)21-10-12-2-4-14(5-3-12)19(26)27/h2-9,11,26-27H,10H2,1H3,(H,21,23,24). The van der Waals surface area contributed by atoms with Crippen molar-refractivity contribution in [3.63, 3.8) is 0 Å². The minimum atomic E-state index is -1.47. The third kappa shape index (κ3) is 3.50. The van der Waals surface area contributed by atoms with E-state index >= 15 is 0 Å². The normalized spacial score (nSPS) is 10.9. The van der Waals surface area contributed by atoms with E-state index in [-0.39, 0.29) is 0 Å². The summed E-state index contributed by atoms with van der Waals surface area (Å²) < 4.78 is 1.74. The van der Waals surface area contributed by atoms with Crippen molar-refractivity contribution in [3.05, 3.63) is 60.6 Å². The van der Waals surface area contributed by atoms with Crippen molar-refractivity contribution in [1.82, 2.24) is 24.7 Å². The Kier molecular flexibility index (Phi) is 4.53. The van der Waals surface area contributed by atoms with Gasteiger partial charge in [-0.3, -0.25) is 9.67 Å². The van der Waals surface area contributed by atoms with Crippen molar-refractivity contribution in [2.45, 2.75) is 6.54 Å². The number of hydrogen-bond donors (Lipinski definition) is 3. The lowest BCUT2D eigenvalue weighted by molar-refractivity contribution is 0.426. The molecule has 0 saturated heterocycles. The number of rotatable bonds is 5. The lowest BCUT2D eigenvalue weighted by atomic mass is 9.80. The van der Waals surface area contributed by atoms with Gasteiger partial charge >= 0.3 is 7.12 Å². The molecule has 0 aliphatic rings. The summed E-state index contributed by atoms with van der Waals surface area (Å²) in [4.78, 5) is 13.3. The predicted octanol–water partition coefficient (Wildman–Crippen LogP) is 0.717. The lowest BCUT2D eigenvalue weighted by Crippen LogP contribution is -2.29. The molecule has 0 radical (unpaired) electrons. The Morgan fingerprint density at radius 2 is 1.78 bits per heavy atom. The first-order chi connectivity index (χ1) is 13.1. The number of nitrogens with zero attached hydrogens (tertiary/aromatic N) is 5. The van der Waals surface area contributed by atoms with E-state index in [0.29, 0.717) is 23.6 Å². The van der Waals surface area contributed by atoms with E-state index in [1.54, 1.807) is 35.4 Å². The van der Waals surface area contributed by atoms with Crippen LogP contribution in [-0.4, -0.2) is 41.9 Å². The van der Waals surface area contributed by atoms with Crippen molar-refractivity contribution in [1.29, 1.82) is 0 Å². The van der Waals surface area contributed by atoms with Gasteiger partial charge in [-0.05, 0) is 23.2 Å². The summed E-state index contributed by atoms with van der Waals surface area (Å²) >= 11 is 0. The Bertz CT molecular complexity index is 1070. The summed E-state index contributed by atoms with van der Waals surface area (Å²) in [5.41, 5.74) is 3.88. The highest BCUT2D eigenvalue weighted by molar-refractivity contribution is 6.58. The summed E-state index contributed by atoms with van der Waals surface area (Å²) in [6, 6.07) is 10.8. The highest BCUT2D eigenvalue weighted by Gasteiger charge is 2.14. The maximum absolute atomic E-state index is 9.20. The molecule has 1 aromatic carbocycles. The van der Waals surface area contributed by atoms with E-state index in [9.17, 15) is 10.0 Å². The van der Waals surface area contributed by atoms with Crippen molar-refractivity contribution < 1.29 is 10.0 Å². The fourth-order valence-electron chi connectivity index (χ4n) is 2.83. The maximum atomic E-state index is 9.20. The predicted molar refractivity (Wildman–Crippen MR) is 103 cm³/mol. The molecule has 9 heteroatoms. The smallest absolute Gasteiger partial charge is 0.423 e. The number of anilines is 1. The minimum absolute atomic E-state index is 0.454. The summed E-state index contributed by atoms with van der Waals surface area (Å²) in [5, 5.41) is 26.0. The quantitative estimate of drug-likeness (QED) is 0.450. The van der Waals surface area contributed by atoms with Crippen LogP contribution in [0.5, 0.6) is 0 Å². The highest BCUT2D eigenvalue weighted by Crippen LogP contribution is 2.24. The van der Waals surface area contributed by atoms with Gasteiger partial charge in [0.25, 0.3) is 0 Å². The van der Waals surface area contributed by atoms with Crippen molar-refractivity contribution >= 4 is 29.4 Å². The van der Waals surface area contributed by atoms with E-state index in [0.717, 1.165) is 22.2 Å². The molecule has 0 unspecified atom stereocenters. The Balaban J connectivity index is 1.66. The number of hydrogen-bond acceptors (Lipinski definition) is 7. The zero-order valence-corrected chi connectivity index (χ0v) is 14.6. The van der Waals surface area contributed by atoms with E-state index in [1.807, 2.05) is 31.3 Å². The molecule has 0 atom stereocenters. The first-order valence-corrected chi connectivity index (χ1v) is 8.41. The second-order valence-electron chi connectivity index (χ2n) is 6.10. The van der Waals surface area contributed by atoms with Crippen LogP contribution in [0, 0.1) is 0 Å². The summed E-state index contributed by atoms with van der Waals surface area (Å²) in [5.74, 6) is 1.28. The van der Waals surface area contributed by atoms with E-state index in [1.165, 1.54) is 0 Å². The van der Waals surface area contributed by atoms with Crippen LogP contribution in [0.1, 0.15) is 5.56 Å². The monoisotopic (exact) mass is 360 g/mol. The van der Waals surface area contributed by atoms with Crippen LogP contribution in [0.15, 0.2) is 55.0 Å². The van der Waals surface area contributed by atoms with Gasteiger partial charge in [0.05, 0.1) is 6.20 Å². The SMILES string of the molecule is Cn1ncc2nc(-c3ccncc3)nc(NCc3ccc(B(O)O)cc3)c21. The number of aromatic nitrogens is 5. The molecule has 0 bridgehead atoms. The highest BCUT2D eigenvalue weighted by atomic mass is 16.4. The van der Waals surface area contributed by atoms with Crippen LogP contribution in [-0.2, 0) is 13.6 Å². The number of benzene rings is 1. The number of nitrogens with one attached hydrogen (secondary N) is 1. The average molecular weight is 360 g/mol. The molecule has 0 amide bonds. The van der Waals surface area contributed by atoms with Crippen LogP contribution < -0.4 is 10.8 Å². The van der Waals surface area contributed by atoms with Gasteiger partial charge in [-0.1, -0.05) is 24.3 Å². The van der Waals surface area contributed by atoms with Crippen LogP contribution in [0.2, 0.25) is 0 Å². The lowest BCUT2D eigenvalue weighted by Gasteiger charge is -2.10. The molecule has 0 aliphatic heterocycles. The second kappa shape index (κ2) is 7.14. The van der Waals surface area contributed by atoms with Gasteiger partial charge in [-0.2, -0.15) is 5.10 Å². The molecule has 4 aromatic rings. The molecule has 0 fully saturated rings. The topological polar surface area (TPSA) is 109 Å². The molecule has 3 aromatic heterocycles. The van der Waals surface area contributed by atoms with Crippen molar-refractivity contribution in [2.24, 2.45) is 7.05 Å². The number of fused-ring (bicyclic) bond motifs is 1. The van der Waals surface area contributed by atoms with Gasteiger partial charge in [0, 0.05) is 31.5 Å². The van der Waals surface area contributed by atoms with E-state index in [2.05, 4.69) is 25.4 Å². The van der Waals surface area contributed by atoms with Gasteiger partial charge in [0.15, 0.2) is 11.6 Å². The largest absolute Gasteiger partial charge is 0.488 e. The summed E-state index contributed by atoms with van der Waals surface area (Å²) in [7, 11) is 0.381. The minimum Gasteiger partial charge on any atom is -0.423 e. The number of pyridine rings is 1. The summed E-state index contributed by atoms with van der Waals surface area (Å²) in [6.45, 7) is 0.523. The molecular formula is C18H17BN6O2. The molecule has 134 valence electrons. The third-order valence-electron chi connectivity index (χ3n) is 4.26. The van der Waals surface area contributed by atoms with Crippen LogP contribution in [0.4, 0.5) is 5.82 Å². The molecule has 3 heterocycles. The zero-order chi connectivity index (χ0) is 18.8. The molecular weight excluding hydrogens is 343 g/mol. The van der Waals surface area contributed by atoms with Crippen molar-refractivity contribution in [2.75, 3.05) is 5.32 Å². The average Bonchev–Trinajstić information content (AvgIpc) is 3.08. The van der Waals surface area contributed by atoms with E-state index < -0.39 is 7.12 Å². The second-order valence-corrected chi connectivity index (χ2v) is 6.10. The molecule has 3 N–H and O–H groups in total. The van der Waals surface area contributed by atoms with Gasteiger partial charge in [0.2, 0.25) is 0 Å². The number of aryl methyl sites for hydroxylation is 1. The molecule has 0 spiro atoms. The Morgan fingerprint density at radius 3 is 2.48 bits per heavy atom. The van der Waals surface area contributed by atoms with Crippen LogP contribution in [0.25, 0.3) is 22.4 Å². The van der Waals surface area contributed by atoms with Gasteiger partial charge in [-0.25, -0.2) is 9.97 Å². The summed E-state index contributed by atoms with van der Waals surface area (Å²) in [6.07, 6.45) is 5.12. The van der Waals surface area contributed by atoms with E-state index in [4.69, 9.17) is 0 Å². The van der Waals surface area contributed by atoms with Gasteiger partial charge < -0.3 is 15.4 Å². The molecule has 27 heavy (non-hydrogen) atoms. The first-order valence-electron chi connectivity index (χ1n) is 8.41. The van der Waals surface area contributed by atoms with Gasteiger partial charge in [0.1, 0.15) is 11.0 Å². The fraction of sp³-hybridized carbons (Fsp3) is 0.111. The zero-order valence-electron chi connectivity index (χ0n) is 14.6. The first kappa shape index (κ1) is 17.1. The molecule has 0 aliphatic carbocycles. The molecule has 8 nitrogen and oxygen atoms in total. The maximum Gasteiger partial charge on any atom is 0.488 e. The fourth-order valence-corrected chi connectivity index (χ4v) is 2.83. The Labute approximate surface area is 155 Å². The third-order valence-corrected chi connectivity index (χ3v) is 4.26.